The van der Waals surface area contributed by atoms with E-state index in [1.54, 1.807) is 35.4 Å². The van der Waals surface area contributed by atoms with Crippen molar-refractivity contribution in [3.8, 4) is 0 Å². The summed E-state index contributed by atoms with van der Waals surface area (Å²) in [5, 5.41) is 5.80. The number of pyridine rings is 1. The van der Waals surface area contributed by atoms with Gasteiger partial charge in [-0.15, -0.1) is 0 Å². The van der Waals surface area contributed by atoms with Gasteiger partial charge in [0, 0.05) is 29.7 Å². The Morgan fingerprint density at radius 2 is 1.73 bits per heavy atom. The number of fused-ring (bicyclic) bond motifs is 1. The number of benzene rings is 2. The van der Waals surface area contributed by atoms with Gasteiger partial charge in [-0.2, -0.15) is 0 Å². The predicted molar refractivity (Wildman–Crippen MR) is 118 cm³/mol. The number of anilines is 2. The standard InChI is InChI=1S/C24H24N4O2/c29-23(26-17-21-9-3-5-15-25-21)19-11-13-20(14-12-19)27-24(30)28-16-6-4-8-18-7-1-2-10-22(18)28/h1-3,5,7,9-15H,4,6,8,16-17H2,(H,26,29)(H,27,30). The van der Waals surface area contributed by atoms with Crippen LogP contribution in [0.1, 0.15) is 34.5 Å². The Hall–Kier alpha value is -3.67. The third-order valence-electron chi connectivity index (χ3n) is 5.16. The van der Waals surface area contributed by atoms with E-state index in [-0.39, 0.29) is 11.9 Å². The molecule has 0 saturated heterocycles. The smallest absolute Gasteiger partial charge is 0.326 e. The number of carbonyl (C=O) groups is 2. The van der Waals surface area contributed by atoms with Gasteiger partial charge < -0.3 is 10.6 Å². The zero-order chi connectivity index (χ0) is 20.8. The van der Waals surface area contributed by atoms with Crippen molar-refractivity contribution in [3.63, 3.8) is 0 Å². The molecule has 2 aromatic carbocycles. The van der Waals surface area contributed by atoms with Crippen LogP contribution < -0.4 is 15.5 Å². The Bertz CT molecular complexity index is 1020. The van der Waals surface area contributed by atoms with Gasteiger partial charge in [-0.1, -0.05) is 24.3 Å². The van der Waals surface area contributed by atoms with Gasteiger partial charge in [0.05, 0.1) is 12.2 Å². The van der Waals surface area contributed by atoms with Gasteiger partial charge >= 0.3 is 6.03 Å². The molecule has 3 amide bonds. The lowest BCUT2D eigenvalue weighted by Gasteiger charge is -2.23. The number of hydrogen-bond donors (Lipinski definition) is 2. The van der Waals surface area contributed by atoms with E-state index in [9.17, 15) is 9.59 Å². The highest BCUT2D eigenvalue weighted by molar-refractivity contribution is 6.02. The molecule has 1 aromatic heterocycles. The Labute approximate surface area is 175 Å². The number of para-hydroxylation sites is 1. The zero-order valence-corrected chi connectivity index (χ0v) is 16.7. The van der Waals surface area contributed by atoms with Gasteiger partial charge in [-0.25, -0.2) is 4.79 Å². The number of rotatable bonds is 4. The highest BCUT2D eigenvalue weighted by Gasteiger charge is 2.21. The summed E-state index contributed by atoms with van der Waals surface area (Å²) in [6.45, 7) is 1.06. The second-order valence-corrected chi connectivity index (χ2v) is 7.25. The maximum atomic E-state index is 12.9. The average Bonchev–Trinajstić information content (AvgIpc) is 3.01. The lowest BCUT2D eigenvalue weighted by atomic mass is 10.1. The molecule has 152 valence electrons. The number of hydrogen-bond acceptors (Lipinski definition) is 3. The highest BCUT2D eigenvalue weighted by Crippen LogP contribution is 2.26. The van der Waals surface area contributed by atoms with Crippen molar-refractivity contribution in [1.29, 1.82) is 0 Å². The van der Waals surface area contributed by atoms with E-state index in [1.165, 1.54) is 5.56 Å². The van der Waals surface area contributed by atoms with Gasteiger partial charge in [0.25, 0.3) is 5.91 Å². The maximum Gasteiger partial charge on any atom is 0.326 e. The van der Waals surface area contributed by atoms with Crippen LogP contribution in [-0.2, 0) is 13.0 Å². The van der Waals surface area contributed by atoms with Crippen LogP contribution in [-0.4, -0.2) is 23.5 Å². The molecular formula is C24H24N4O2. The first-order valence-electron chi connectivity index (χ1n) is 10.2. The third kappa shape index (κ3) is 4.66. The van der Waals surface area contributed by atoms with Crippen molar-refractivity contribution in [2.75, 3.05) is 16.8 Å². The number of nitrogens with one attached hydrogen (secondary N) is 2. The summed E-state index contributed by atoms with van der Waals surface area (Å²) in [6, 6.07) is 20.4. The van der Waals surface area contributed by atoms with Crippen molar-refractivity contribution in [1.82, 2.24) is 10.3 Å². The van der Waals surface area contributed by atoms with E-state index in [2.05, 4.69) is 21.7 Å². The molecule has 0 aliphatic carbocycles. The van der Waals surface area contributed by atoms with Crippen LogP contribution in [0.3, 0.4) is 0 Å². The Morgan fingerprint density at radius 3 is 2.53 bits per heavy atom. The quantitative estimate of drug-likeness (QED) is 0.682. The monoisotopic (exact) mass is 400 g/mol. The minimum atomic E-state index is -0.181. The fourth-order valence-corrected chi connectivity index (χ4v) is 3.57. The van der Waals surface area contributed by atoms with E-state index in [0.717, 1.165) is 30.6 Å². The second kappa shape index (κ2) is 9.22. The molecule has 0 radical (unpaired) electrons. The summed E-state index contributed by atoms with van der Waals surface area (Å²) in [6.07, 6.45) is 4.73. The maximum absolute atomic E-state index is 12.9. The third-order valence-corrected chi connectivity index (χ3v) is 5.16. The number of amides is 3. The molecule has 4 rings (SSSR count). The number of nitrogens with zero attached hydrogens (tertiary/aromatic N) is 2. The summed E-state index contributed by atoms with van der Waals surface area (Å²) in [5.41, 5.74) is 4.16. The van der Waals surface area contributed by atoms with Crippen LogP contribution in [0.15, 0.2) is 72.9 Å². The summed E-state index contributed by atoms with van der Waals surface area (Å²) in [5.74, 6) is -0.181. The molecular weight excluding hydrogens is 376 g/mol. The van der Waals surface area contributed by atoms with E-state index in [1.807, 2.05) is 36.4 Å². The zero-order valence-electron chi connectivity index (χ0n) is 16.7. The van der Waals surface area contributed by atoms with Crippen molar-refractivity contribution >= 4 is 23.3 Å². The van der Waals surface area contributed by atoms with Crippen LogP contribution >= 0.6 is 0 Å². The van der Waals surface area contributed by atoms with Crippen molar-refractivity contribution < 1.29 is 9.59 Å². The van der Waals surface area contributed by atoms with Gasteiger partial charge in [0.1, 0.15) is 0 Å². The summed E-state index contributed by atoms with van der Waals surface area (Å²) >= 11 is 0. The molecule has 2 heterocycles. The first kappa shape index (κ1) is 19.6. The molecule has 1 aliphatic heterocycles. The van der Waals surface area contributed by atoms with E-state index in [0.29, 0.717) is 24.3 Å². The SMILES string of the molecule is O=C(NCc1ccccn1)c1ccc(NC(=O)N2CCCCc3ccccc32)cc1. The minimum Gasteiger partial charge on any atom is -0.346 e. The van der Waals surface area contributed by atoms with Crippen LogP contribution in [0.25, 0.3) is 0 Å². The number of carbonyl (C=O) groups excluding carboxylic acids is 2. The molecule has 0 fully saturated rings. The predicted octanol–water partition coefficient (Wildman–Crippen LogP) is 4.39. The molecule has 0 atom stereocenters. The van der Waals surface area contributed by atoms with Crippen molar-refractivity contribution in [2.24, 2.45) is 0 Å². The minimum absolute atomic E-state index is 0.156. The molecule has 0 spiro atoms. The van der Waals surface area contributed by atoms with Crippen LogP contribution in [0.4, 0.5) is 16.2 Å². The average molecular weight is 400 g/mol. The molecule has 30 heavy (non-hydrogen) atoms. The molecule has 3 aromatic rings. The Balaban J connectivity index is 1.38. The molecule has 0 unspecified atom stereocenters. The van der Waals surface area contributed by atoms with E-state index < -0.39 is 0 Å². The molecule has 6 heteroatoms. The molecule has 2 N–H and O–H groups in total. The number of aryl methyl sites for hydroxylation is 1. The number of urea groups is 1. The molecule has 6 nitrogen and oxygen atoms in total. The van der Waals surface area contributed by atoms with Crippen molar-refractivity contribution in [2.45, 2.75) is 25.8 Å². The van der Waals surface area contributed by atoms with Gasteiger partial charge in [-0.05, 0) is 67.3 Å². The van der Waals surface area contributed by atoms with E-state index >= 15 is 0 Å². The lowest BCUT2D eigenvalue weighted by molar-refractivity contribution is 0.0950. The first-order valence-corrected chi connectivity index (χ1v) is 10.2. The summed E-state index contributed by atoms with van der Waals surface area (Å²) in [7, 11) is 0. The topological polar surface area (TPSA) is 74.3 Å². The van der Waals surface area contributed by atoms with Gasteiger partial charge in [-0.3, -0.25) is 14.7 Å². The van der Waals surface area contributed by atoms with Crippen LogP contribution in [0.5, 0.6) is 0 Å². The molecule has 1 aliphatic rings. The van der Waals surface area contributed by atoms with Crippen molar-refractivity contribution in [3.05, 3.63) is 89.7 Å². The summed E-state index contributed by atoms with van der Waals surface area (Å²) < 4.78 is 0. The normalized spacial score (nSPS) is 13.1. The first-order chi connectivity index (χ1) is 14.7. The fraction of sp³-hybridized carbons (Fsp3) is 0.208. The van der Waals surface area contributed by atoms with Gasteiger partial charge in [0.2, 0.25) is 0 Å². The largest absolute Gasteiger partial charge is 0.346 e. The lowest BCUT2D eigenvalue weighted by Crippen LogP contribution is -2.35. The number of aromatic nitrogens is 1. The summed E-state index contributed by atoms with van der Waals surface area (Å²) in [4.78, 5) is 31.2. The molecule has 0 bridgehead atoms. The second-order valence-electron chi connectivity index (χ2n) is 7.25. The van der Waals surface area contributed by atoms with Gasteiger partial charge in [0.15, 0.2) is 0 Å². The fourth-order valence-electron chi connectivity index (χ4n) is 3.57. The molecule has 0 saturated carbocycles. The highest BCUT2D eigenvalue weighted by atomic mass is 16.2. The Kier molecular flexibility index (Phi) is 6.03. The van der Waals surface area contributed by atoms with Crippen LogP contribution in [0.2, 0.25) is 0 Å². The Morgan fingerprint density at radius 1 is 0.933 bits per heavy atom. The van der Waals surface area contributed by atoms with E-state index in [4.69, 9.17) is 0 Å². The van der Waals surface area contributed by atoms with Crippen LogP contribution in [0, 0.1) is 0 Å².